The summed E-state index contributed by atoms with van der Waals surface area (Å²) in [5, 5.41) is 19.7. The van der Waals surface area contributed by atoms with Crippen molar-refractivity contribution < 1.29 is 28.9 Å². The normalized spacial score (nSPS) is 10.2. The summed E-state index contributed by atoms with van der Waals surface area (Å²) < 4.78 is 14.6. The van der Waals surface area contributed by atoms with Crippen molar-refractivity contribution in [1.29, 1.82) is 0 Å². The van der Waals surface area contributed by atoms with E-state index in [0.717, 1.165) is 0 Å². The number of aromatic nitrogens is 1. The topological polar surface area (TPSA) is 102 Å². The van der Waals surface area contributed by atoms with Crippen LogP contribution >= 0.6 is 0 Å². The van der Waals surface area contributed by atoms with E-state index >= 15 is 0 Å². The number of aromatic hydroxyl groups is 2. The molecule has 2 aromatic heterocycles. The third kappa shape index (κ3) is 2.05. The summed E-state index contributed by atoms with van der Waals surface area (Å²) in [6, 6.07) is 2.91. The van der Waals surface area contributed by atoms with E-state index in [4.69, 9.17) is 13.9 Å². The van der Waals surface area contributed by atoms with E-state index in [2.05, 4.69) is 4.98 Å². The van der Waals surface area contributed by atoms with Crippen LogP contribution in [-0.4, -0.2) is 35.2 Å². The van der Waals surface area contributed by atoms with Gasteiger partial charge in [-0.15, -0.1) is 0 Å². The van der Waals surface area contributed by atoms with Crippen LogP contribution in [0.4, 0.5) is 0 Å². The maximum Gasteiger partial charge on any atom is 0.264 e. The number of carbonyl (C=O) groups excluding carboxylic acids is 1. The lowest BCUT2D eigenvalue weighted by atomic mass is 10.1. The van der Waals surface area contributed by atoms with Crippen molar-refractivity contribution >= 4 is 5.78 Å². The second-order valence-electron chi connectivity index (χ2n) is 3.51. The zero-order chi connectivity index (χ0) is 14.0. The van der Waals surface area contributed by atoms with Crippen LogP contribution in [0.3, 0.4) is 0 Å². The molecule has 0 atom stereocenters. The maximum absolute atomic E-state index is 12.1. The number of methoxy groups -OCH3 is 2. The number of nitrogens with zero attached hydrogens (tertiary/aromatic N) is 1. The van der Waals surface area contributed by atoms with Gasteiger partial charge >= 0.3 is 0 Å². The number of rotatable bonds is 4. The van der Waals surface area contributed by atoms with Gasteiger partial charge < -0.3 is 24.1 Å². The monoisotopic (exact) mass is 265 g/mol. The minimum atomic E-state index is -0.714. The lowest BCUT2D eigenvalue weighted by Crippen LogP contribution is -2.05. The van der Waals surface area contributed by atoms with Crippen molar-refractivity contribution in [2.24, 2.45) is 0 Å². The van der Waals surface area contributed by atoms with Crippen molar-refractivity contribution in [1.82, 2.24) is 4.98 Å². The molecule has 0 amide bonds. The number of ketones is 1. The minimum absolute atomic E-state index is 0.0420. The highest BCUT2D eigenvalue weighted by Gasteiger charge is 2.27. The second kappa shape index (κ2) is 4.89. The van der Waals surface area contributed by atoms with E-state index in [1.165, 1.54) is 32.6 Å². The third-order valence-corrected chi connectivity index (χ3v) is 2.45. The van der Waals surface area contributed by atoms with Crippen molar-refractivity contribution in [3.63, 3.8) is 0 Å². The molecule has 2 heterocycles. The van der Waals surface area contributed by atoms with Gasteiger partial charge in [-0.05, 0) is 12.1 Å². The first-order chi connectivity index (χ1) is 9.10. The summed E-state index contributed by atoms with van der Waals surface area (Å²) in [6.45, 7) is 0. The Labute approximate surface area is 108 Å². The molecule has 0 unspecified atom stereocenters. The fourth-order valence-corrected chi connectivity index (χ4v) is 1.59. The van der Waals surface area contributed by atoms with Crippen LogP contribution in [0.2, 0.25) is 0 Å². The highest BCUT2D eigenvalue weighted by Crippen LogP contribution is 2.42. The molecule has 0 spiro atoms. The number of furan rings is 1. The molecule has 2 aromatic rings. The number of pyridine rings is 1. The highest BCUT2D eigenvalue weighted by molar-refractivity contribution is 6.11. The fourth-order valence-electron chi connectivity index (χ4n) is 1.59. The summed E-state index contributed by atoms with van der Waals surface area (Å²) in [5.74, 6) is -2.26. The van der Waals surface area contributed by atoms with Gasteiger partial charge in [-0.2, -0.15) is 4.98 Å². The number of ether oxygens (including phenoxy) is 2. The average molecular weight is 265 g/mol. The van der Waals surface area contributed by atoms with Crippen LogP contribution in [-0.2, 0) is 0 Å². The molecule has 0 bridgehead atoms. The SMILES string of the molecule is COc1nc(O)c(C(=O)c2ccco2)c(O)c1OC. The highest BCUT2D eigenvalue weighted by atomic mass is 16.5. The first-order valence-electron chi connectivity index (χ1n) is 5.22. The maximum atomic E-state index is 12.1. The van der Waals surface area contributed by atoms with Crippen molar-refractivity contribution in [3.05, 3.63) is 29.7 Å². The Kier molecular flexibility index (Phi) is 3.28. The molecule has 0 fully saturated rings. The van der Waals surface area contributed by atoms with Crippen LogP contribution < -0.4 is 9.47 Å². The van der Waals surface area contributed by atoms with Gasteiger partial charge in [0.2, 0.25) is 17.4 Å². The van der Waals surface area contributed by atoms with Crippen LogP contribution in [0.5, 0.6) is 23.3 Å². The molecule has 19 heavy (non-hydrogen) atoms. The van der Waals surface area contributed by atoms with Crippen LogP contribution in [0, 0.1) is 0 Å². The Bertz CT molecular complexity index is 605. The van der Waals surface area contributed by atoms with Gasteiger partial charge in [-0.3, -0.25) is 4.79 Å². The van der Waals surface area contributed by atoms with Crippen molar-refractivity contribution in [3.8, 4) is 23.3 Å². The zero-order valence-corrected chi connectivity index (χ0v) is 10.2. The Morgan fingerprint density at radius 2 is 2.05 bits per heavy atom. The van der Waals surface area contributed by atoms with Crippen LogP contribution in [0.15, 0.2) is 22.8 Å². The summed E-state index contributed by atoms with van der Waals surface area (Å²) in [4.78, 5) is 15.7. The van der Waals surface area contributed by atoms with E-state index in [1.807, 2.05) is 0 Å². The summed E-state index contributed by atoms with van der Waals surface area (Å²) in [6.07, 6.45) is 1.30. The standard InChI is InChI=1S/C12H11NO6/c1-17-10-9(15)7(11(16)13-12(10)18-2)8(14)6-4-3-5-19-6/h3-5H,1-2H3,(H2,13,15,16). The van der Waals surface area contributed by atoms with E-state index in [0.29, 0.717) is 0 Å². The molecular weight excluding hydrogens is 254 g/mol. The largest absolute Gasteiger partial charge is 0.503 e. The summed E-state index contributed by atoms with van der Waals surface area (Å²) in [5.41, 5.74) is -0.410. The number of hydrogen-bond acceptors (Lipinski definition) is 7. The van der Waals surface area contributed by atoms with Gasteiger partial charge in [0.1, 0.15) is 5.56 Å². The van der Waals surface area contributed by atoms with Gasteiger partial charge in [-0.1, -0.05) is 0 Å². The first-order valence-corrected chi connectivity index (χ1v) is 5.22. The third-order valence-electron chi connectivity index (χ3n) is 2.45. The lowest BCUT2D eigenvalue weighted by Gasteiger charge is -2.11. The Morgan fingerprint density at radius 3 is 2.58 bits per heavy atom. The number of hydrogen-bond donors (Lipinski definition) is 2. The molecule has 100 valence electrons. The Hall–Kier alpha value is -2.70. The first kappa shape index (κ1) is 12.7. The second-order valence-corrected chi connectivity index (χ2v) is 3.51. The summed E-state index contributed by atoms with van der Waals surface area (Å²) in [7, 11) is 2.56. The molecule has 0 saturated carbocycles. The smallest absolute Gasteiger partial charge is 0.264 e. The molecule has 2 rings (SSSR count). The molecular formula is C12H11NO6. The molecule has 7 heteroatoms. The minimum Gasteiger partial charge on any atom is -0.503 e. The zero-order valence-electron chi connectivity index (χ0n) is 10.2. The van der Waals surface area contributed by atoms with E-state index in [1.54, 1.807) is 0 Å². The quantitative estimate of drug-likeness (QED) is 0.804. The molecule has 0 saturated heterocycles. The van der Waals surface area contributed by atoms with E-state index < -0.39 is 23.0 Å². The molecule has 0 aliphatic heterocycles. The van der Waals surface area contributed by atoms with Crippen LogP contribution in [0.25, 0.3) is 0 Å². The van der Waals surface area contributed by atoms with Gasteiger partial charge in [0, 0.05) is 0 Å². The molecule has 0 aromatic carbocycles. The van der Waals surface area contributed by atoms with Gasteiger partial charge in [0.15, 0.2) is 11.5 Å². The van der Waals surface area contributed by atoms with Gasteiger partial charge in [0.05, 0.1) is 20.5 Å². The number of carbonyl (C=O) groups is 1. The van der Waals surface area contributed by atoms with Gasteiger partial charge in [-0.25, -0.2) is 0 Å². The average Bonchev–Trinajstić information content (AvgIpc) is 2.91. The Morgan fingerprint density at radius 1 is 1.32 bits per heavy atom. The molecule has 7 nitrogen and oxygen atoms in total. The molecule has 0 radical (unpaired) electrons. The predicted molar refractivity (Wildman–Crippen MR) is 62.8 cm³/mol. The fraction of sp³-hybridized carbons (Fsp3) is 0.167. The molecule has 2 N–H and O–H groups in total. The van der Waals surface area contributed by atoms with E-state index in [-0.39, 0.29) is 17.4 Å². The van der Waals surface area contributed by atoms with Crippen molar-refractivity contribution in [2.75, 3.05) is 14.2 Å². The molecule has 0 aliphatic rings. The van der Waals surface area contributed by atoms with Gasteiger partial charge in [0.25, 0.3) is 5.88 Å². The lowest BCUT2D eigenvalue weighted by molar-refractivity contribution is 0.100. The molecule has 0 aliphatic carbocycles. The summed E-state index contributed by atoms with van der Waals surface area (Å²) >= 11 is 0. The van der Waals surface area contributed by atoms with Crippen LogP contribution in [0.1, 0.15) is 16.1 Å². The predicted octanol–water partition coefficient (Wildman–Crippen LogP) is 1.33. The van der Waals surface area contributed by atoms with E-state index in [9.17, 15) is 15.0 Å². The Balaban J connectivity index is 2.61. The van der Waals surface area contributed by atoms with Crippen molar-refractivity contribution in [2.45, 2.75) is 0 Å².